The molecule has 0 aliphatic carbocycles. The van der Waals surface area contributed by atoms with Gasteiger partial charge in [-0.15, -0.1) is 0 Å². The van der Waals surface area contributed by atoms with Crippen LogP contribution in [0.4, 0.5) is 0 Å². The Morgan fingerprint density at radius 1 is 1.47 bits per heavy atom. The maximum atomic E-state index is 5.59. The predicted octanol–water partition coefficient (Wildman–Crippen LogP) is 2.92. The lowest BCUT2D eigenvalue weighted by Crippen LogP contribution is -2.18. The Bertz CT molecular complexity index is 333. The molecular weight excluding hydrogens is 186 g/mol. The zero-order valence-electron chi connectivity index (χ0n) is 9.71. The standard InChI is InChI=1S/C13H19NO/c1-5-15-12-9-7-6-8-11(12)13(14-4)10(2)3/h6-9,13-14H,2,5H2,1,3-4H3. The van der Waals surface area contributed by atoms with E-state index in [-0.39, 0.29) is 6.04 Å². The molecule has 2 heteroatoms. The maximum Gasteiger partial charge on any atom is 0.124 e. The van der Waals surface area contributed by atoms with E-state index in [1.54, 1.807) is 0 Å². The van der Waals surface area contributed by atoms with Gasteiger partial charge in [0.25, 0.3) is 0 Å². The fourth-order valence-corrected chi connectivity index (χ4v) is 1.67. The molecule has 0 spiro atoms. The second kappa shape index (κ2) is 5.56. The molecule has 0 amide bonds. The number of likely N-dealkylation sites (N-methyl/N-ethyl adjacent to an activating group) is 1. The molecule has 0 aromatic heterocycles. The number of ether oxygens (including phenoxy) is 1. The van der Waals surface area contributed by atoms with Gasteiger partial charge in [0.15, 0.2) is 0 Å². The van der Waals surface area contributed by atoms with Crippen LogP contribution in [0.25, 0.3) is 0 Å². The van der Waals surface area contributed by atoms with Crippen molar-refractivity contribution in [3.8, 4) is 5.75 Å². The summed E-state index contributed by atoms with van der Waals surface area (Å²) >= 11 is 0. The van der Waals surface area contributed by atoms with E-state index in [0.29, 0.717) is 6.61 Å². The number of para-hydroxylation sites is 1. The summed E-state index contributed by atoms with van der Waals surface area (Å²) in [5.74, 6) is 0.933. The van der Waals surface area contributed by atoms with Crippen LogP contribution in [0, 0.1) is 0 Å². The lowest BCUT2D eigenvalue weighted by atomic mass is 10.0. The number of rotatable bonds is 5. The highest BCUT2D eigenvalue weighted by Gasteiger charge is 2.14. The van der Waals surface area contributed by atoms with E-state index in [9.17, 15) is 0 Å². The molecule has 0 saturated heterocycles. The van der Waals surface area contributed by atoms with Crippen molar-refractivity contribution in [1.82, 2.24) is 5.32 Å². The maximum absolute atomic E-state index is 5.59. The quantitative estimate of drug-likeness (QED) is 0.746. The molecular formula is C13H19NO. The van der Waals surface area contributed by atoms with Gasteiger partial charge in [-0.25, -0.2) is 0 Å². The normalized spacial score (nSPS) is 12.2. The van der Waals surface area contributed by atoms with Gasteiger partial charge in [0, 0.05) is 5.56 Å². The van der Waals surface area contributed by atoms with Crippen molar-refractivity contribution in [3.05, 3.63) is 42.0 Å². The fraction of sp³-hybridized carbons (Fsp3) is 0.385. The number of hydrogen-bond donors (Lipinski definition) is 1. The SMILES string of the molecule is C=C(C)C(NC)c1ccccc1OCC. The minimum atomic E-state index is 0.160. The molecule has 0 saturated carbocycles. The highest BCUT2D eigenvalue weighted by atomic mass is 16.5. The van der Waals surface area contributed by atoms with Gasteiger partial charge < -0.3 is 10.1 Å². The van der Waals surface area contributed by atoms with Crippen LogP contribution in [0.1, 0.15) is 25.5 Å². The van der Waals surface area contributed by atoms with Gasteiger partial charge in [0.2, 0.25) is 0 Å². The van der Waals surface area contributed by atoms with Crippen LogP contribution in [-0.4, -0.2) is 13.7 Å². The van der Waals surface area contributed by atoms with Crippen LogP contribution in [-0.2, 0) is 0 Å². The summed E-state index contributed by atoms with van der Waals surface area (Å²) in [5.41, 5.74) is 2.24. The molecule has 0 radical (unpaired) electrons. The molecule has 15 heavy (non-hydrogen) atoms. The Kier molecular flexibility index (Phi) is 4.37. The molecule has 1 rings (SSSR count). The Morgan fingerprint density at radius 2 is 2.13 bits per heavy atom. The van der Waals surface area contributed by atoms with Crippen LogP contribution >= 0.6 is 0 Å². The largest absolute Gasteiger partial charge is 0.494 e. The summed E-state index contributed by atoms with van der Waals surface area (Å²) in [5, 5.41) is 3.24. The van der Waals surface area contributed by atoms with Gasteiger partial charge in [0.05, 0.1) is 12.6 Å². The molecule has 1 atom stereocenters. The summed E-state index contributed by atoms with van der Waals surface area (Å²) in [4.78, 5) is 0. The van der Waals surface area contributed by atoms with Gasteiger partial charge in [0.1, 0.15) is 5.75 Å². The lowest BCUT2D eigenvalue weighted by molar-refractivity contribution is 0.334. The molecule has 0 fully saturated rings. The van der Waals surface area contributed by atoms with Crippen molar-refractivity contribution < 1.29 is 4.74 Å². The molecule has 0 aliphatic heterocycles. The summed E-state index contributed by atoms with van der Waals surface area (Å²) < 4.78 is 5.59. The van der Waals surface area contributed by atoms with E-state index in [1.165, 1.54) is 0 Å². The van der Waals surface area contributed by atoms with Crippen molar-refractivity contribution in [2.75, 3.05) is 13.7 Å². The molecule has 0 bridgehead atoms. The number of nitrogens with one attached hydrogen (secondary N) is 1. The van der Waals surface area contributed by atoms with Gasteiger partial charge in [-0.3, -0.25) is 0 Å². The Morgan fingerprint density at radius 3 is 2.67 bits per heavy atom. The summed E-state index contributed by atoms with van der Waals surface area (Å²) in [7, 11) is 1.93. The monoisotopic (exact) mass is 205 g/mol. The minimum absolute atomic E-state index is 0.160. The first-order chi connectivity index (χ1) is 7.20. The average molecular weight is 205 g/mol. The molecule has 1 N–H and O–H groups in total. The molecule has 0 aliphatic rings. The van der Waals surface area contributed by atoms with Crippen LogP contribution < -0.4 is 10.1 Å². The second-order valence-electron chi connectivity index (χ2n) is 3.54. The predicted molar refractivity (Wildman–Crippen MR) is 64.2 cm³/mol. The van der Waals surface area contributed by atoms with Crippen molar-refractivity contribution in [2.24, 2.45) is 0 Å². The highest BCUT2D eigenvalue weighted by Crippen LogP contribution is 2.28. The first kappa shape index (κ1) is 11.8. The first-order valence-corrected chi connectivity index (χ1v) is 5.25. The summed E-state index contributed by atoms with van der Waals surface area (Å²) in [6.45, 7) is 8.68. The zero-order chi connectivity index (χ0) is 11.3. The van der Waals surface area contributed by atoms with E-state index in [2.05, 4.69) is 18.0 Å². The molecule has 1 aromatic rings. The molecule has 82 valence electrons. The molecule has 0 heterocycles. The molecule has 1 unspecified atom stereocenters. The second-order valence-corrected chi connectivity index (χ2v) is 3.54. The van der Waals surface area contributed by atoms with Gasteiger partial charge in [-0.2, -0.15) is 0 Å². The Labute approximate surface area is 92.0 Å². The van der Waals surface area contributed by atoms with Crippen LogP contribution in [0.2, 0.25) is 0 Å². The third kappa shape index (κ3) is 2.83. The number of benzene rings is 1. The summed E-state index contributed by atoms with van der Waals surface area (Å²) in [6, 6.07) is 8.23. The van der Waals surface area contributed by atoms with Crippen LogP contribution in [0.3, 0.4) is 0 Å². The van der Waals surface area contributed by atoms with Crippen molar-refractivity contribution in [2.45, 2.75) is 19.9 Å². The van der Waals surface area contributed by atoms with E-state index in [4.69, 9.17) is 4.74 Å². The average Bonchev–Trinajstić information content (AvgIpc) is 2.21. The van der Waals surface area contributed by atoms with Gasteiger partial charge in [-0.1, -0.05) is 30.4 Å². The van der Waals surface area contributed by atoms with Crippen molar-refractivity contribution in [3.63, 3.8) is 0 Å². The van der Waals surface area contributed by atoms with Crippen molar-refractivity contribution in [1.29, 1.82) is 0 Å². The highest BCUT2D eigenvalue weighted by molar-refractivity contribution is 5.39. The molecule has 1 aromatic carbocycles. The smallest absolute Gasteiger partial charge is 0.124 e. The third-order valence-corrected chi connectivity index (χ3v) is 2.31. The zero-order valence-corrected chi connectivity index (χ0v) is 9.71. The number of hydrogen-bond acceptors (Lipinski definition) is 2. The topological polar surface area (TPSA) is 21.3 Å². The van der Waals surface area contributed by atoms with E-state index in [1.807, 2.05) is 39.1 Å². The minimum Gasteiger partial charge on any atom is -0.494 e. The fourth-order valence-electron chi connectivity index (χ4n) is 1.67. The third-order valence-electron chi connectivity index (χ3n) is 2.31. The van der Waals surface area contributed by atoms with Crippen LogP contribution in [0.15, 0.2) is 36.4 Å². The first-order valence-electron chi connectivity index (χ1n) is 5.25. The van der Waals surface area contributed by atoms with E-state index in [0.717, 1.165) is 16.9 Å². The van der Waals surface area contributed by atoms with Crippen molar-refractivity contribution >= 4 is 0 Å². The van der Waals surface area contributed by atoms with Crippen LogP contribution in [0.5, 0.6) is 5.75 Å². The molecule has 2 nitrogen and oxygen atoms in total. The van der Waals surface area contributed by atoms with E-state index < -0.39 is 0 Å². The van der Waals surface area contributed by atoms with Gasteiger partial charge >= 0.3 is 0 Å². The van der Waals surface area contributed by atoms with E-state index >= 15 is 0 Å². The van der Waals surface area contributed by atoms with Gasteiger partial charge in [-0.05, 0) is 27.0 Å². The lowest BCUT2D eigenvalue weighted by Gasteiger charge is -2.19. The summed E-state index contributed by atoms with van der Waals surface area (Å²) in [6.07, 6.45) is 0. The Balaban J connectivity index is 3.04. The Hall–Kier alpha value is -1.28.